The molecule has 17 heavy (non-hydrogen) atoms. The minimum atomic E-state index is -0.655. The van der Waals surface area contributed by atoms with Gasteiger partial charge in [-0.15, -0.1) is 0 Å². The lowest BCUT2D eigenvalue weighted by molar-refractivity contribution is 0.211. The smallest absolute Gasteiger partial charge is 0.181 e. The summed E-state index contributed by atoms with van der Waals surface area (Å²) in [6, 6.07) is 2.93. The minimum Gasteiger partial charge on any atom is -0.468 e. The number of hydrogen-bond acceptors (Lipinski definition) is 3. The van der Waals surface area contributed by atoms with E-state index >= 15 is 0 Å². The molecule has 0 aliphatic rings. The molecule has 0 fully saturated rings. The standard InChI is InChI=1S/C10H8ClF2N3O/c11-7-4-16(15-10(7)14)5-17-9-3-6(12)1-2-8(9)13/h1-4H,5H2,(H2,14,15). The molecule has 0 saturated heterocycles. The Morgan fingerprint density at radius 3 is 2.82 bits per heavy atom. The number of halogens is 3. The van der Waals surface area contributed by atoms with E-state index < -0.39 is 11.6 Å². The molecule has 90 valence electrons. The van der Waals surface area contributed by atoms with Crippen LogP contribution in [0.15, 0.2) is 24.4 Å². The van der Waals surface area contributed by atoms with Crippen molar-refractivity contribution in [2.24, 2.45) is 0 Å². The Morgan fingerprint density at radius 2 is 2.18 bits per heavy atom. The highest BCUT2D eigenvalue weighted by Gasteiger charge is 2.07. The van der Waals surface area contributed by atoms with Gasteiger partial charge < -0.3 is 10.5 Å². The second-order valence-corrected chi connectivity index (χ2v) is 3.66. The van der Waals surface area contributed by atoms with Gasteiger partial charge in [-0.05, 0) is 12.1 Å². The largest absolute Gasteiger partial charge is 0.468 e. The number of nitrogens with two attached hydrogens (primary N) is 1. The third kappa shape index (κ3) is 2.65. The highest BCUT2D eigenvalue weighted by molar-refractivity contribution is 6.32. The molecule has 1 heterocycles. The lowest BCUT2D eigenvalue weighted by Crippen LogP contribution is -2.07. The molecule has 0 spiro atoms. The maximum atomic E-state index is 13.2. The molecule has 1 aromatic carbocycles. The van der Waals surface area contributed by atoms with Crippen LogP contribution in [0, 0.1) is 11.6 Å². The molecule has 2 N–H and O–H groups in total. The average molecular weight is 260 g/mol. The normalized spacial score (nSPS) is 10.5. The second kappa shape index (κ2) is 4.58. The molecule has 0 saturated carbocycles. The zero-order valence-corrected chi connectivity index (χ0v) is 9.29. The lowest BCUT2D eigenvalue weighted by atomic mass is 10.3. The van der Waals surface area contributed by atoms with Gasteiger partial charge in [0, 0.05) is 12.3 Å². The van der Waals surface area contributed by atoms with Gasteiger partial charge in [-0.1, -0.05) is 11.6 Å². The van der Waals surface area contributed by atoms with Crippen LogP contribution in [-0.4, -0.2) is 9.78 Å². The first-order valence-corrected chi connectivity index (χ1v) is 5.00. The minimum absolute atomic E-state index is 0.114. The Morgan fingerprint density at radius 1 is 1.41 bits per heavy atom. The summed E-state index contributed by atoms with van der Waals surface area (Å²) < 4.78 is 32.3. The zero-order chi connectivity index (χ0) is 12.4. The maximum Gasteiger partial charge on any atom is 0.181 e. The van der Waals surface area contributed by atoms with Gasteiger partial charge in [0.15, 0.2) is 24.1 Å². The second-order valence-electron chi connectivity index (χ2n) is 3.25. The zero-order valence-electron chi connectivity index (χ0n) is 8.53. The molecule has 7 heteroatoms. The van der Waals surface area contributed by atoms with Crippen molar-refractivity contribution >= 4 is 17.4 Å². The fourth-order valence-corrected chi connectivity index (χ4v) is 1.35. The summed E-state index contributed by atoms with van der Waals surface area (Å²) in [5.41, 5.74) is 5.41. The molecule has 0 aliphatic heterocycles. The number of benzene rings is 1. The molecule has 0 aliphatic carbocycles. The molecule has 2 rings (SSSR count). The van der Waals surface area contributed by atoms with Crippen LogP contribution < -0.4 is 10.5 Å². The molecule has 0 amide bonds. The molecule has 0 atom stereocenters. The summed E-state index contributed by atoms with van der Waals surface area (Å²) >= 11 is 5.67. The van der Waals surface area contributed by atoms with Crippen LogP contribution in [0.4, 0.5) is 14.6 Å². The van der Waals surface area contributed by atoms with Crippen molar-refractivity contribution in [2.45, 2.75) is 6.73 Å². The van der Waals surface area contributed by atoms with Gasteiger partial charge in [0.2, 0.25) is 0 Å². The van der Waals surface area contributed by atoms with E-state index in [9.17, 15) is 8.78 Å². The Balaban J connectivity index is 2.09. The predicted molar refractivity (Wildman–Crippen MR) is 58.6 cm³/mol. The first-order chi connectivity index (χ1) is 8.06. The predicted octanol–water partition coefficient (Wildman–Crippen LogP) is 2.43. The fraction of sp³-hybridized carbons (Fsp3) is 0.100. The van der Waals surface area contributed by atoms with E-state index in [-0.39, 0.29) is 23.3 Å². The van der Waals surface area contributed by atoms with Crippen LogP contribution in [0.3, 0.4) is 0 Å². The fourth-order valence-electron chi connectivity index (χ4n) is 1.20. The van der Waals surface area contributed by atoms with Gasteiger partial charge in [-0.25, -0.2) is 13.5 Å². The van der Waals surface area contributed by atoms with Crippen LogP contribution in [-0.2, 0) is 6.73 Å². The van der Waals surface area contributed by atoms with Crippen molar-refractivity contribution in [1.82, 2.24) is 9.78 Å². The number of ether oxygens (including phenoxy) is 1. The number of anilines is 1. The number of nitrogens with zero attached hydrogens (tertiary/aromatic N) is 2. The van der Waals surface area contributed by atoms with Crippen LogP contribution in [0.2, 0.25) is 5.02 Å². The third-order valence-corrected chi connectivity index (χ3v) is 2.28. The van der Waals surface area contributed by atoms with Gasteiger partial charge >= 0.3 is 0 Å². The Labute approximate surface area is 101 Å². The SMILES string of the molecule is Nc1nn(COc2cc(F)ccc2F)cc1Cl. The van der Waals surface area contributed by atoms with Crippen molar-refractivity contribution < 1.29 is 13.5 Å². The molecule has 0 unspecified atom stereocenters. The number of aromatic nitrogens is 2. The van der Waals surface area contributed by atoms with E-state index in [1.54, 1.807) is 0 Å². The lowest BCUT2D eigenvalue weighted by Gasteiger charge is -2.06. The third-order valence-electron chi connectivity index (χ3n) is 1.99. The first-order valence-electron chi connectivity index (χ1n) is 4.62. The van der Waals surface area contributed by atoms with Crippen molar-refractivity contribution in [2.75, 3.05) is 5.73 Å². The summed E-state index contributed by atoms with van der Waals surface area (Å²) in [5, 5.41) is 4.07. The van der Waals surface area contributed by atoms with E-state index in [2.05, 4.69) is 5.10 Å². The van der Waals surface area contributed by atoms with Gasteiger partial charge in [-0.2, -0.15) is 5.10 Å². The van der Waals surface area contributed by atoms with Crippen molar-refractivity contribution in [3.63, 3.8) is 0 Å². The molecule has 4 nitrogen and oxygen atoms in total. The van der Waals surface area contributed by atoms with Crippen LogP contribution in [0.5, 0.6) is 5.75 Å². The summed E-state index contributed by atoms with van der Waals surface area (Å²) in [5.74, 6) is -1.29. The molecule has 1 aromatic heterocycles. The number of rotatable bonds is 3. The monoisotopic (exact) mass is 259 g/mol. The van der Waals surface area contributed by atoms with E-state index in [1.165, 1.54) is 10.9 Å². The molecular weight excluding hydrogens is 252 g/mol. The summed E-state index contributed by atoms with van der Waals surface area (Å²) in [7, 11) is 0. The van der Waals surface area contributed by atoms with Gasteiger partial charge in [0.25, 0.3) is 0 Å². The van der Waals surface area contributed by atoms with E-state index in [1.807, 2.05) is 0 Å². The molecular formula is C10H8ClF2N3O. The van der Waals surface area contributed by atoms with E-state index in [4.69, 9.17) is 22.1 Å². The highest BCUT2D eigenvalue weighted by Crippen LogP contribution is 2.19. The number of nitrogen functional groups attached to an aromatic ring is 1. The highest BCUT2D eigenvalue weighted by atomic mass is 35.5. The van der Waals surface area contributed by atoms with E-state index in [0.29, 0.717) is 0 Å². The van der Waals surface area contributed by atoms with Crippen molar-refractivity contribution in [3.05, 3.63) is 41.1 Å². The summed E-state index contributed by atoms with van der Waals surface area (Å²) in [6.45, 7) is -0.114. The van der Waals surface area contributed by atoms with Gasteiger partial charge in [0.1, 0.15) is 10.8 Å². The maximum absolute atomic E-state index is 13.2. The Kier molecular flexibility index (Phi) is 3.14. The average Bonchev–Trinajstić information content (AvgIpc) is 2.60. The van der Waals surface area contributed by atoms with Crippen LogP contribution in [0.1, 0.15) is 0 Å². The Bertz CT molecular complexity index is 525. The molecule has 0 bridgehead atoms. The number of hydrogen-bond donors (Lipinski definition) is 1. The van der Waals surface area contributed by atoms with Crippen LogP contribution in [0.25, 0.3) is 0 Å². The van der Waals surface area contributed by atoms with E-state index in [0.717, 1.165) is 18.2 Å². The summed E-state index contributed by atoms with van der Waals surface area (Å²) in [6.07, 6.45) is 1.42. The topological polar surface area (TPSA) is 53.1 Å². The molecule has 0 radical (unpaired) electrons. The van der Waals surface area contributed by atoms with Crippen molar-refractivity contribution in [1.29, 1.82) is 0 Å². The quantitative estimate of drug-likeness (QED) is 0.921. The Hall–Kier alpha value is -1.82. The summed E-state index contributed by atoms with van der Waals surface area (Å²) in [4.78, 5) is 0. The van der Waals surface area contributed by atoms with Crippen molar-refractivity contribution in [3.8, 4) is 5.75 Å². The first kappa shape index (κ1) is 11.7. The van der Waals surface area contributed by atoms with Crippen LogP contribution >= 0.6 is 11.6 Å². The van der Waals surface area contributed by atoms with Gasteiger partial charge in [-0.3, -0.25) is 0 Å². The van der Waals surface area contributed by atoms with Gasteiger partial charge in [0.05, 0.1) is 0 Å². The molecule has 2 aromatic rings.